The Morgan fingerprint density at radius 3 is 2.48 bits per heavy atom. The number of hydrogen-bond acceptors (Lipinski definition) is 4. The van der Waals surface area contributed by atoms with E-state index in [0.717, 1.165) is 0 Å². The molecule has 0 radical (unpaired) electrons. The van der Waals surface area contributed by atoms with Crippen LogP contribution in [0, 0.1) is 0 Å². The molecule has 4 nitrogen and oxygen atoms in total. The van der Waals surface area contributed by atoms with E-state index in [4.69, 9.17) is 11.6 Å². The molecule has 0 saturated heterocycles. The molecule has 0 unspecified atom stereocenters. The van der Waals surface area contributed by atoms with Crippen LogP contribution in [0.4, 0.5) is 22.0 Å². The van der Waals surface area contributed by atoms with Gasteiger partial charge in [-0.1, -0.05) is 0 Å². The van der Waals surface area contributed by atoms with Gasteiger partial charge in [-0.25, -0.2) is 13.6 Å². The van der Waals surface area contributed by atoms with Gasteiger partial charge in [0.1, 0.15) is 11.3 Å². The molecule has 0 saturated carbocycles. The molecule has 0 bridgehead atoms. The number of aromatic nitrogens is 1. The summed E-state index contributed by atoms with van der Waals surface area (Å²) in [7, 11) is 0. The Hall–Kier alpha value is -1.64. The molecule has 0 aliphatic carbocycles. The van der Waals surface area contributed by atoms with Gasteiger partial charge < -0.3 is 9.47 Å². The van der Waals surface area contributed by atoms with Gasteiger partial charge in [0.05, 0.1) is 12.5 Å². The van der Waals surface area contributed by atoms with Gasteiger partial charge in [-0.05, 0) is 6.92 Å². The van der Waals surface area contributed by atoms with E-state index in [9.17, 15) is 26.7 Å². The minimum Gasteiger partial charge on any atom is -0.462 e. The molecule has 1 aromatic rings. The standard InChI is InChI=1S/C11H9ClF5NO3/c1-2-20-10(19)6-4-18-7(9(13)14)5(3-12)8(6)21-11(15,16)17/h4,9H,2-3H2,1H3. The molecule has 0 spiro atoms. The van der Waals surface area contributed by atoms with E-state index >= 15 is 0 Å². The fraction of sp³-hybridized carbons (Fsp3) is 0.455. The van der Waals surface area contributed by atoms with Crippen molar-refractivity contribution in [1.29, 1.82) is 0 Å². The minimum atomic E-state index is -5.19. The molecule has 0 aromatic carbocycles. The van der Waals surface area contributed by atoms with Crippen LogP contribution in [0.3, 0.4) is 0 Å². The molecular weight excluding hydrogens is 325 g/mol. The lowest BCUT2D eigenvalue weighted by atomic mass is 10.1. The number of rotatable bonds is 5. The molecule has 0 atom stereocenters. The van der Waals surface area contributed by atoms with Crippen LogP contribution in [0.25, 0.3) is 0 Å². The second-order valence-corrected chi connectivity index (χ2v) is 3.83. The van der Waals surface area contributed by atoms with Gasteiger partial charge in [-0.2, -0.15) is 0 Å². The fourth-order valence-electron chi connectivity index (χ4n) is 1.45. The summed E-state index contributed by atoms with van der Waals surface area (Å²) in [5, 5.41) is 0. The normalized spacial score (nSPS) is 11.6. The fourth-order valence-corrected chi connectivity index (χ4v) is 1.71. The number of carbonyl (C=O) groups excluding carboxylic acids is 1. The molecule has 1 aromatic heterocycles. The van der Waals surface area contributed by atoms with Crippen LogP contribution in [0.1, 0.15) is 35.0 Å². The van der Waals surface area contributed by atoms with Crippen LogP contribution in [-0.2, 0) is 10.6 Å². The topological polar surface area (TPSA) is 48.4 Å². The zero-order valence-electron chi connectivity index (χ0n) is 10.5. The number of alkyl halides is 6. The highest BCUT2D eigenvalue weighted by Crippen LogP contribution is 2.36. The molecule has 1 rings (SSSR count). The van der Waals surface area contributed by atoms with Crippen LogP contribution >= 0.6 is 11.6 Å². The van der Waals surface area contributed by atoms with Gasteiger partial charge in [0.15, 0.2) is 5.75 Å². The lowest BCUT2D eigenvalue weighted by molar-refractivity contribution is -0.275. The molecule has 0 fully saturated rings. The number of carbonyl (C=O) groups is 1. The van der Waals surface area contributed by atoms with Crippen LogP contribution in [0.2, 0.25) is 0 Å². The van der Waals surface area contributed by atoms with Crippen molar-refractivity contribution in [2.45, 2.75) is 25.6 Å². The van der Waals surface area contributed by atoms with Crippen LogP contribution in [0.5, 0.6) is 5.75 Å². The predicted molar refractivity (Wildman–Crippen MR) is 61.4 cm³/mol. The van der Waals surface area contributed by atoms with Gasteiger partial charge in [0.2, 0.25) is 0 Å². The Bertz CT molecular complexity index is 521. The third-order valence-electron chi connectivity index (χ3n) is 2.21. The molecule has 21 heavy (non-hydrogen) atoms. The van der Waals surface area contributed by atoms with Crippen molar-refractivity contribution in [3.63, 3.8) is 0 Å². The summed E-state index contributed by atoms with van der Waals surface area (Å²) in [6.45, 7) is 1.29. The van der Waals surface area contributed by atoms with Crippen molar-refractivity contribution in [3.8, 4) is 5.75 Å². The Morgan fingerprint density at radius 1 is 1.43 bits per heavy atom. The molecule has 0 aliphatic rings. The summed E-state index contributed by atoms with van der Waals surface area (Å²) in [5.41, 5.74) is -2.43. The molecular formula is C11H9ClF5NO3. The zero-order chi connectivity index (χ0) is 16.2. The van der Waals surface area contributed by atoms with E-state index in [1.807, 2.05) is 0 Å². The monoisotopic (exact) mass is 333 g/mol. The van der Waals surface area contributed by atoms with E-state index in [0.29, 0.717) is 6.20 Å². The molecule has 118 valence electrons. The van der Waals surface area contributed by atoms with Gasteiger partial charge in [0.25, 0.3) is 6.43 Å². The number of ether oxygens (including phenoxy) is 2. The number of hydrogen-bond donors (Lipinski definition) is 0. The van der Waals surface area contributed by atoms with E-state index in [1.54, 1.807) is 0 Å². The third kappa shape index (κ3) is 4.42. The SMILES string of the molecule is CCOC(=O)c1cnc(C(F)F)c(CCl)c1OC(F)(F)F. The zero-order valence-corrected chi connectivity index (χ0v) is 11.3. The summed E-state index contributed by atoms with van der Waals surface area (Å²) in [4.78, 5) is 14.8. The van der Waals surface area contributed by atoms with Crippen molar-refractivity contribution in [1.82, 2.24) is 4.98 Å². The second-order valence-electron chi connectivity index (χ2n) is 3.57. The Labute approximate surface area is 120 Å². The summed E-state index contributed by atoms with van der Waals surface area (Å²) in [5.74, 6) is -3.05. The minimum absolute atomic E-state index is 0.128. The lowest BCUT2D eigenvalue weighted by Crippen LogP contribution is -2.22. The summed E-state index contributed by atoms with van der Waals surface area (Å²) in [6, 6.07) is 0. The number of esters is 1. The van der Waals surface area contributed by atoms with E-state index in [-0.39, 0.29) is 6.61 Å². The van der Waals surface area contributed by atoms with Gasteiger partial charge in [-0.3, -0.25) is 4.98 Å². The van der Waals surface area contributed by atoms with Crippen molar-refractivity contribution in [2.75, 3.05) is 6.61 Å². The highest BCUT2D eigenvalue weighted by atomic mass is 35.5. The van der Waals surface area contributed by atoms with E-state index in [1.165, 1.54) is 6.92 Å². The highest BCUT2D eigenvalue weighted by molar-refractivity contribution is 6.17. The van der Waals surface area contributed by atoms with Gasteiger partial charge in [0, 0.05) is 11.8 Å². The third-order valence-corrected chi connectivity index (χ3v) is 2.48. The van der Waals surface area contributed by atoms with Gasteiger partial charge in [-0.15, -0.1) is 24.8 Å². The average molecular weight is 334 g/mol. The molecule has 0 N–H and O–H groups in total. The van der Waals surface area contributed by atoms with Crippen molar-refractivity contribution < 1.29 is 36.2 Å². The molecule has 10 heteroatoms. The summed E-state index contributed by atoms with van der Waals surface area (Å²) < 4.78 is 70.8. The predicted octanol–water partition coefficient (Wildman–Crippen LogP) is 3.83. The molecule has 0 amide bonds. The Kier molecular flexibility index (Phi) is 5.70. The lowest BCUT2D eigenvalue weighted by Gasteiger charge is -2.17. The van der Waals surface area contributed by atoms with Crippen molar-refractivity contribution >= 4 is 17.6 Å². The highest BCUT2D eigenvalue weighted by Gasteiger charge is 2.36. The van der Waals surface area contributed by atoms with Gasteiger partial charge >= 0.3 is 12.3 Å². The Balaban J connectivity index is 3.47. The molecule has 1 heterocycles. The maximum Gasteiger partial charge on any atom is 0.573 e. The first kappa shape index (κ1) is 17.4. The maximum atomic E-state index is 12.7. The summed E-state index contributed by atoms with van der Waals surface area (Å²) >= 11 is 5.39. The quantitative estimate of drug-likeness (QED) is 0.467. The van der Waals surface area contributed by atoms with Crippen LogP contribution < -0.4 is 4.74 Å². The first-order valence-electron chi connectivity index (χ1n) is 5.50. The first-order chi connectivity index (χ1) is 9.71. The average Bonchev–Trinajstić information content (AvgIpc) is 2.36. The number of pyridine rings is 1. The van der Waals surface area contributed by atoms with Crippen molar-refractivity contribution in [2.24, 2.45) is 0 Å². The van der Waals surface area contributed by atoms with Crippen LogP contribution in [0.15, 0.2) is 6.20 Å². The number of nitrogens with zero attached hydrogens (tertiary/aromatic N) is 1. The molecule has 0 aliphatic heterocycles. The second kappa shape index (κ2) is 6.88. The Morgan fingerprint density at radius 2 is 2.05 bits per heavy atom. The van der Waals surface area contributed by atoms with Crippen LogP contribution in [-0.4, -0.2) is 23.9 Å². The summed E-state index contributed by atoms with van der Waals surface area (Å²) in [6.07, 6.45) is -7.83. The maximum absolute atomic E-state index is 12.7. The van der Waals surface area contributed by atoms with E-state index < -0.39 is 47.2 Å². The van der Waals surface area contributed by atoms with Crippen molar-refractivity contribution in [3.05, 3.63) is 23.0 Å². The first-order valence-corrected chi connectivity index (χ1v) is 6.03. The number of halogens is 6. The van der Waals surface area contributed by atoms with E-state index in [2.05, 4.69) is 14.5 Å². The smallest absolute Gasteiger partial charge is 0.462 e. The largest absolute Gasteiger partial charge is 0.573 e.